The Hall–Kier alpha value is -1.16. The van der Waals surface area contributed by atoms with Gasteiger partial charge in [-0.15, -0.1) is 6.58 Å². The van der Waals surface area contributed by atoms with Gasteiger partial charge in [0.15, 0.2) is 0 Å². The van der Waals surface area contributed by atoms with Crippen molar-refractivity contribution in [3.05, 3.63) is 12.7 Å². The second-order valence-electron chi connectivity index (χ2n) is 4.00. The average molecular weight is 241 g/mol. The molecule has 0 bridgehead atoms. The number of carbonyl (C=O) groups is 2. The molecule has 0 aromatic rings. The summed E-state index contributed by atoms with van der Waals surface area (Å²) >= 11 is 0. The van der Waals surface area contributed by atoms with Crippen LogP contribution in [0.3, 0.4) is 0 Å². The van der Waals surface area contributed by atoms with Crippen molar-refractivity contribution in [2.24, 2.45) is 5.73 Å². The molecule has 0 saturated carbocycles. The first-order chi connectivity index (χ1) is 8.20. The fourth-order valence-corrected chi connectivity index (χ4v) is 1.48. The van der Waals surface area contributed by atoms with Crippen molar-refractivity contribution in [3.8, 4) is 0 Å². The molecule has 4 nitrogen and oxygen atoms in total. The van der Waals surface area contributed by atoms with Crippen LogP contribution in [0.15, 0.2) is 12.7 Å². The summed E-state index contributed by atoms with van der Waals surface area (Å²) < 4.78 is 4.45. The fraction of sp³-hybridized carbons (Fsp3) is 0.692. The number of nitrogens with two attached hydrogens (primary N) is 1. The molecule has 0 aliphatic rings. The first-order valence-electron chi connectivity index (χ1n) is 6.25. The van der Waals surface area contributed by atoms with Gasteiger partial charge in [0, 0.05) is 6.42 Å². The van der Waals surface area contributed by atoms with Crippen LogP contribution in [-0.2, 0) is 14.3 Å². The maximum Gasteiger partial charge on any atom is 0.327 e. The van der Waals surface area contributed by atoms with Crippen LogP contribution in [0.5, 0.6) is 0 Å². The molecule has 0 saturated heterocycles. The Morgan fingerprint density at radius 3 is 2.18 bits per heavy atom. The number of esters is 2. The Bertz CT molecular complexity index is 239. The first kappa shape index (κ1) is 15.8. The van der Waals surface area contributed by atoms with E-state index in [1.54, 1.807) is 0 Å². The molecule has 0 aliphatic heterocycles. The second-order valence-corrected chi connectivity index (χ2v) is 4.00. The molecule has 0 unspecified atom stereocenters. The van der Waals surface area contributed by atoms with E-state index in [0.717, 1.165) is 25.7 Å². The third-order valence-electron chi connectivity index (χ3n) is 2.43. The lowest BCUT2D eigenvalue weighted by Crippen LogP contribution is -2.20. The first-order valence-corrected chi connectivity index (χ1v) is 6.25. The summed E-state index contributed by atoms with van der Waals surface area (Å²) in [5, 5.41) is 0. The highest BCUT2D eigenvalue weighted by molar-refractivity contribution is 5.86. The lowest BCUT2D eigenvalue weighted by Gasteiger charge is -2.02. The normalized spacial score (nSPS) is 9.94. The fourth-order valence-electron chi connectivity index (χ4n) is 1.48. The van der Waals surface area contributed by atoms with Gasteiger partial charge in [0.05, 0.1) is 6.54 Å². The van der Waals surface area contributed by atoms with E-state index < -0.39 is 11.9 Å². The zero-order valence-electron chi connectivity index (χ0n) is 10.5. The number of hydrogen-bond donors (Lipinski definition) is 1. The molecule has 2 N–H and O–H groups in total. The van der Waals surface area contributed by atoms with Crippen molar-refractivity contribution >= 4 is 11.9 Å². The Morgan fingerprint density at radius 1 is 1.00 bits per heavy atom. The van der Waals surface area contributed by atoms with Gasteiger partial charge in [-0.2, -0.15) is 0 Å². The van der Waals surface area contributed by atoms with E-state index in [1.165, 1.54) is 19.3 Å². The number of carbonyl (C=O) groups excluding carboxylic acids is 2. The number of unbranched alkanes of at least 4 members (excludes halogenated alkanes) is 6. The summed E-state index contributed by atoms with van der Waals surface area (Å²) in [5.74, 6) is -1.12. The van der Waals surface area contributed by atoms with Crippen molar-refractivity contribution in [1.29, 1.82) is 0 Å². The smallest absolute Gasteiger partial charge is 0.327 e. The van der Waals surface area contributed by atoms with Crippen LogP contribution < -0.4 is 5.73 Å². The largest absolute Gasteiger partial charge is 0.392 e. The minimum atomic E-state index is -0.653. The molecule has 0 atom stereocenters. The summed E-state index contributed by atoms with van der Waals surface area (Å²) in [6.45, 7) is 3.43. The van der Waals surface area contributed by atoms with Crippen molar-refractivity contribution in [3.63, 3.8) is 0 Å². The standard InChI is InChI=1S/C13H23NO3/c1-2-3-4-5-6-7-8-9-10-12(15)17-13(16)11-14/h2H,1,3-11,14H2. The van der Waals surface area contributed by atoms with Gasteiger partial charge in [-0.25, -0.2) is 0 Å². The molecule has 4 heteroatoms. The summed E-state index contributed by atoms with van der Waals surface area (Å²) in [7, 11) is 0. The van der Waals surface area contributed by atoms with Crippen LogP contribution in [0, 0.1) is 0 Å². The Balaban J connectivity index is 3.24. The predicted molar refractivity (Wildman–Crippen MR) is 67.3 cm³/mol. The van der Waals surface area contributed by atoms with Crippen molar-refractivity contribution in [1.82, 2.24) is 0 Å². The zero-order chi connectivity index (χ0) is 12.9. The molecule has 98 valence electrons. The Kier molecular flexibility index (Phi) is 10.6. The van der Waals surface area contributed by atoms with Gasteiger partial charge in [0.25, 0.3) is 0 Å². The minimum absolute atomic E-state index is 0.241. The third-order valence-corrected chi connectivity index (χ3v) is 2.43. The number of rotatable bonds is 10. The molecule has 0 radical (unpaired) electrons. The van der Waals surface area contributed by atoms with E-state index in [1.807, 2.05) is 6.08 Å². The van der Waals surface area contributed by atoms with Gasteiger partial charge in [-0.1, -0.05) is 31.8 Å². The number of ether oxygens (including phenoxy) is 1. The molecule has 0 fully saturated rings. The van der Waals surface area contributed by atoms with E-state index in [4.69, 9.17) is 5.73 Å². The Labute approximate surface area is 103 Å². The summed E-state index contributed by atoms with van der Waals surface area (Å²) in [6.07, 6.45) is 9.80. The molecule has 0 heterocycles. The van der Waals surface area contributed by atoms with Crippen molar-refractivity contribution < 1.29 is 14.3 Å². The van der Waals surface area contributed by atoms with Gasteiger partial charge in [0.2, 0.25) is 0 Å². The van der Waals surface area contributed by atoms with E-state index in [9.17, 15) is 9.59 Å². The summed E-state index contributed by atoms with van der Waals surface area (Å²) in [6, 6.07) is 0. The van der Waals surface area contributed by atoms with Gasteiger partial charge >= 0.3 is 11.9 Å². The van der Waals surface area contributed by atoms with Gasteiger partial charge in [0.1, 0.15) is 0 Å². The molecular weight excluding hydrogens is 218 g/mol. The van der Waals surface area contributed by atoms with E-state index in [0.29, 0.717) is 6.42 Å². The van der Waals surface area contributed by atoms with Crippen molar-refractivity contribution in [2.75, 3.05) is 6.54 Å². The Morgan fingerprint density at radius 2 is 1.59 bits per heavy atom. The zero-order valence-corrected chi connectivity index (χ0v) is 10.5. The topological polar surface area (TPSA) is 69.4 Å². The maximum absolute atomic E-state index is 11.1. The average Bonchev–Trinajstić information content (AvgIpc) is 2.32. The lowest BCUT2D eigenvalue weighted by atomic mass is 10.1. The highest BCUT2D eigenvalue weighted by atomic mass is 16.6. The predicted octanol–water partition coefficient (Wildman–Crippen LogP) is 2.32. The SMILES string of the molecule is C=CCCCCCCCCC(=O)OC(=O)CN. The van der Waals surface area contributed by atoms with Gasteiger partial charge in [-0.05, 0) is 19.3 Å². The second kappa shape index (κ2) is 11.3. The molecule has 0 rings (SSSR count). The van der Waals surface area contributed by atoms with Crippen LogP contribution in [-0.4, -0.2) is 18.5 Å². The van der Waals surface area contributed by atoms with Crippen LogP contribution in [0.4, 0.5) is 0 Å². The van der Waals surface area contributed by atoms with E-state index in [-0.39, 0.29) is 6.54 Å². The summed E-state index contributed by atoms with van der Waals surface area (Å²) in [4.78, 5) is 21.8. The van der Waals surface area contributed by atoms with Gasteiger partial charge < -0.3 is 10.5 Å². The third kappa shape index (κ3) is 11.1. The van der Waals surface area contributed by atoms with E-state index >= 15 is 0 Å². The molecule has 0 amide bonds. The maximum atomic E-state index is 11.1. The monoisotopic (exact) mass is 241 g/mol. The number of allylic oxidation sites excluding steroid dienone is 1. The van der Waals surface area contributed by atoms with Crippen LogP contribution in [0.1, 0.15) is 51.4 Å². The number of hydrogen-bond acceptors (Lipinski definition) is 4. The molecular formula is C13H23NO3. The minimum Gasteiger partial charge on any atom is -0.392 e. The lowest BCUT2D eigenvalue weighted by molar-refractivity contribution is -0.158. The van der Waals surface area contributed by atoms with Crippen LogP contribution in [0.25, 0.3) is 0 Å². The molecule has 0 spiro atoms. The highest BCUT2D eigenvalue weighted by Crippen LogP contribution is 2.09. The summed E-state index contributed by atoms with van der Waals surface area (Å²) in [5.41, 5.74) is 5.02. The highest BCUT2D eigenvalue weighted by Gasteiger charge is 2.07. The van der Waals surface area contributed by atoms with Crippen molar-refractivity contribution in [2.45, 2.75) is 51.4 Å². The molecule has 0 aromatic carbocycles. The van der Waals surface area contributed by atoms with Gasteiger partial charge in [-0.3, -0.25) is 9.59 Å². The van der Waals surface area contributed by atoms with Crippen LogP contribution >= 0.6 is 0 Å². The van der Waals surface area contributed by atoms with E-state index in [2.05, 4.69) is 11.3 Å². The molecule has 0 aliphatic carbocycles. The quantitative estimate of drug-likeness (QED) is 0.276. The molecule has 17 heavy (non-hydrogen) atoms. The molecule has 0 aromatic heterocycles. The van der Waals surface area contributed by atoms with Crippen LogP contribution in [0.2, 0.25) is 0 Å².